The molecule has 1 unspecified atom stereocenters. The zero-order chi connectivity index (χ0) is 30.3. The molecule has 14 nitrogen and oxygen atoms in total. The van der Waals surface area contributed by atoms with Crippen molar-refractivity contribution in [1.29, 1.82) is 0 Å². The van der Waals surface area contributed by atoms with E-state index in [0.29, 0.717) is 28.6 Å². The molecule has 3 rings (SSSR count). The van der Waals surface area contributed by atoms with Crippen LogP contribution >= 0.6 is 11.8 Å². The largest absolute Gasteiger partial charge is 0.356 e. The standard InChI is InChI=1S/C27H33N7O7S/c1-2-3-4-13-28-21(35)9-12-26(40)42-16-20(15-25(39)41-34-23(37)10-11-24(34)38)31-22(36)14-18-5-7-19(8-6-18)27-32-29-17-30-33-27/h5-8,17,20H,2-4,9-16H2,1H3,(H,28,35)(H,31,36). The van der Waals surface area contributed by atoms with Crippen molar-refractivity contribution in [3.05, 3.63) is 36.2 Å². The van der Waals surface area contributed by atoms with Crippen molar-refractivity contribution >= 4 is 46.5 Å². The lowest BCUT2D eigenvalue weighted by Gasteiger charge is -2.19. The number of thioether (sulfide) groups is 1. The summed E-state index contributed by atoms with van der Waals surface area (Å²) >= 11 is 0.878. The number of carbonyl (C=O) groups is 6. The van der Waals surface area contributed by atoms with Gasteiger partial charge in [0.15, 0.2) is 11.4 Å². The van der Waals surface area contributed by atoms with Crippen LogP contribution in [-0.2, 0) is 40.0 Å². The second kappa shape index (κ2) is 16.9. The van der Waals surface area contributed by atoms with Gasteiger partial charge in [0.1, 0.15) is 0 Å². The minimum atomic E-state index is -0.905. The third-order valence-electron chi connectivity index (χ3n) is 6.07. The van der Waals surface area contributed by atoms with Crippen molar-refractivity contribution in [3.8, 4) is 11.4 Å². The molecule has 224 valence electrons. The maximum Gasteiger partial charge on any atom is 0.335 e. The van der Waals surface area contributed by atoms with Crippen LogP contribution in [0.3, 0.4) is 0 Å². The first kappa shape index (κ1) is 32.2. The Hall–Kier alpha value is -4.27. The summed E-state index contributed by atoms with van der Waals surface area (Å²) in [7, 11) is 0. The van der Waals surface area contributed by atoms with Crippen molar-refractivity contribution in [1.82, 2.24) is 36.1 Å². The van der Waals surface area contributed by atoms with E-state index < -0.39 is 29.7 Å². The third kappa shape index (κ3) is 11.0. The quantitative estimate of drug-likeness (QED) is 0.208. The molecule has 1 aromatic carbocycles. The number of benzene rings is 1. The van der Waals surface area contributed by atoms with Crippen LogP contribution in [0.4, 0.5) is 0 Å². The Morgan fingerprint density at radius 3 is 2.33 bits per heavy atom. The van der Waals surface area contributed by atoms with E-state index in [9.17, 15) is 28.8 Å². The van der Waals surface area contributed by atoms with Gasteiger partial charge in [-0.2, -0.15) is 0 Å². The number of hydroxylamine groups is 2. The van der Waals surface area contributed by atoms with Gasteiger partial charge in [-0.05, 0) is 12.0 Å². The summed E-state index contributed by atoms with van der Waals surface area (Å²) in [5, 5.41) is 20.8. The summed E-state index contributed by atoms with van der Waals surface area (Å²) in [6, 6.07) is 6.02. The molecule has 0 radical (unpaired) electrons. The van der Waals surface area contributed by atoms with E-state index in [4.69, 9.17) is 4.84 Å². The number of aromatic nitrogens is 4. The summed E-state index contributed by atoms with van der Waals surface area (Å²) < 4.78 is 0. The third-order valence-corrected chi connectivity index (χ3v) is 7.16. The first-order valence-corrected chi connectivity index (χ1v) is 14.6. The van der Waals surface area contributed by atoms with Crippen molar-refractivity contribution < 1.29 is 33.6 Å². The molecule has 0 bridgehead atoms. The van der Waals surface area contributed by atoms with Gasteiger partial charge in [0.05, 0.1) is 12.8 Å². The predicted molar refractivity (Wildman–Crippen MR) is 150 cm³/mol. The Morgan fingerprint density at radius 2 is 1.67 bits per heavy atom. The lowest BCUT2D eigenvalue weighted by molar-refractivity contribution is -0.197. The van der Waals surface area contributed by atoms with Crippen LogP contribution < -0.4 is 10.6 Å². The molecule has 1 atom stereocenters. The monoisotopic (exact) mass is 599 g/mol. The molecule has 0 aliphatic carbocycles. The zero-order valence-electron chi connectivity index (χ0n) is 23.2. The average Bonchev–Trinajstić information content (AvgIpc) is 3.30. The second-order valence-corrected chi connectivity index (χ2v) is 10.6. The number of hydrogen-bond donors (Lipinski definition) is 2. The van der Waals surface area contributed by atoms with Gasteiger partial charge in [0, 0.05) is 49.6 Å². The van der Waals surface area contributed by atoms with Gasteiger partial charge in [0.2, 0.25) is 17.6 Å². The molecule has 1 aliphatic heterocycles. The number of rotatable bonds is 16. The maximum absolute atomic E-state index is 12.8. The SMILES string of the molecule is CCCCCNC(=O)CCC(=O)SCC(CC(=O)ON1C(=O)CCC1=O)NC(=O)Cc1ccc(-c2nncnn2)cc1. The Balaban J connectivity index is 1.54. The molecule has 2 N–H and O–H groups in total. The number of imide groups is 1. The van der Waals surface area contributed by atoms with Crippen LogP contribution in [0.2, 0.25) is 0 Å². The van der Waals surface area contributed by atoms with E-state index in [1.807, 2.05) is 0 Å². The van der Waals surface area contributed by atoms with E-state index in [0.717, 1.165) is 31.0 Å². The number of carbonyl (C=O) groups excluding carboxylic acids is 6. The number of hydrogen-bond acceptors (Lipinski definition) is 12. The second-order valence-electron chi connectivity index (χ2n) is 9.50. The highest BCUT2D eigenvalue weighted by molar-refractivity contribution is 8.13. The summed E-state index contributed by atoms with van der Waals surface area (Å²) in [6.45, 7) is 2.62. The predicted octanol–water partition coefficient (Wildman–Crippen LogP) is 1.30. The number of nitrogens with one attached hydrogen (secondary N) is 2. The number of unbranched alkanes of at least 4 members (excludes halogenated alkanes) is 2. The topological polar surface area (TPSA) is 191 Å². The minimum Gasteiger partial charge on any atom is -0.356 e. The molecular formula is C27H33N7O7S. The van der Waals surface area contributed by atoms with Crippen molar-refractivity contribution in [3.63, 3.8) is 0 Å². The van der Waals surface area contributed by atoms with E-state index >= 15 is 0 Å². The fraction of sp³-hybridized carbons (Fsp3) is 0.481. The number of amides is 4. The van der Waals surface area contributed by atoms with Crippen LogP contribution in [0.15, 0.2) is 30.6 Å². The van der Waals surface area contributed by atoms with E-state index in [-0.39, 0.29) is 55.3 Å². The Labute approximate surface area is 246 Å². The fourth-order valence-electron chi connectivity index (χ4n) is 3.88. The van der Waals surface area contributed by atoms with Gasteiger partial charge in [0.25, 0.3) is 11.8 Å². The highest BCUT2D eigenvalue weighted by Crippen LogP contribution is 2.17. The van der Waals surface area contributed by atoms with Crippen molar-refractivity contribution in [2.24, 2.45) is 0 Å². The van der Waals surface area contributed by atoms with Gasteiger partial charge < -0.3 is 15.5 Å². The van der Waals surface area contributed by atoms with Gasteiger partial charge in [-0.25, -0.2) is 4.79 Å². The van der Waals surface area contributed by atoms with Crippen LogP contribution in [-0.4, -0.2) is 78.5 Å². The summed E-state index contributed by atoms with van der Waals surface area (Å²) in [4.78, 5) is 78.3. The smallest absolute Gasteiger partial charge is 0.335 e. The zero-order valence-corrected chi connectivity index (χ0v) is 24.1. The van der Waals surface area contributed by atoms with Gasteiger partial charge >= 0.3 is 5.97 Å². The van der Waals surface area contributed by atoms with Crippen LogP contribution in [0, 0.1) is 0 Å². The maximum atomic E-state index is 12.8. The molecule has 0 saturated carbocycles. The Kier molecular flexibility index (Phi) is 12.9. The Morgan fingerprint density at radius 1 is 0.976 bits per heavy atom. The molecular weight excluding hydrogens is 566 g/mol. The van der Waals surface area contributed by atoms with Crippen molar-refractivity contribution in [2.45, 2.75) is 70.8 Å². The van der Waals surface area contributed by atoms with Crippen LogP contribution in [0.25, 0.3) is 11.4 Å². The minimum absolute atomic E-state index is 0.00527. The van der Waals surface area contributed by atoms with E-state index in [1.165, 1.54) is 6.33 Å². The molecule has 1 aromatic heterocycles. The molecule has 0 spiro atoms. The molecule has 1 saturated heterocycles. The van der Waals surface area contributed by atoms with E-state index in [2.05, 4.69) is 38.0 Å². The normalized spacial score (nSPS) is 13.5. The average molecular weight is 600 g/mol. The number of nitrogens with zero attached hydrogens (tertiary/aromatic N) is 5. The molecule has 4 amide bonds. The highest BCUT2D eigenvalue weighted by atomic mass is 32.2. The first-order chi connectivity index (χ1) is 20.2. The molecule has 1 fully saturated rings. The molecule has 1 aliphatic rings. The lowest BCUT2D eigenvalue weighted by atomic mass is 10.1. The highest BCUT2D eigenvalue weighted by Gasteiger charge is 2.33. The molecule has 42 heavy (non-hydrogen) atoms. The lowest BCUT2D eigenvalue weighted by Crippen LogP contribution is -2.41. The van der Waals surface area contributed by atoms with Gasteiger partial charge in [-0.3, -0.25) is 24.0 Å². The summed E-state index contributed by atoms with van der Waals surface area (Å²) in [6.07, 6.45) is 3.64. The molecule has 15 heteroatoms. The van der Waals surface area contributed by atoms with Gasteiger partial charge in [-0.15, -0.1) is 25.5 Å². The first-order valence-electron chi connectivity index (χ1n) is 13.6. The van der Waals surface area contributed by atoms with Crippen molar-refractivity contribution in [2.75, 3.05) is 12.3 Å². The Bertz CT molecular complexity index is 1250. The summed E-state index contributed by atoms with van der Waals surface area (Å²) in [5.41, 5.74) is 1.33. The van der Waals surface area contributed by atoms with Gasteiger partial charge in [-0.1, -0.05) is 55.8 Å². The van der Waals surface area contributed by atoms with E-state index in [1.54, 1.807) is 24.3 Å². The van der Waals surface area contributed by atoms with Crippen LogP contribution in [0.5, 0.6) is 0 Å². The summed E-state index contributed by atoms with van der Waals surface area (Å²) in [5.74, 6) is -2.44. The molecule has 2 heterocycles. The molecule has 2 aromatic rings. The fourth-order valence-corrected chi connectivity index (χ4v) is 4.71. The van der Waals surface area contributed by atoms with Crippen LogP contribution in [0.1, 0.15) is 63.9 Å².